The van der Waals surface area contributed by atoms with Crippen molar-refractivity contribution >= 4 is 23.7 Å². The zero-order valence-corrected chi connectivity index (χ0v) is 17.1. The third-order valence-electron chi connectivity index (χ3n) is 4.50. The molecule has 0 aromatic carbocycles. The average Bonchev–Trinajstić information content (AvgIpc) is 2.64. The van der Waals surface area contributed by atoms with E-state index in [-0.39, 0.29) is 5.60 Å². The molecule has 10 heteroatoms. The number of carbonyl (C=O) groups excluding carboxylic acids is 1. The number of pyridine rings is 1. The fraction of sp³-hybridized carbons (Fsp3) is 0.579. The van der Waals surface area contributed by atoms with Crippen LogP contribution >= 0.6 is 0 Å². The van der Waals surface area contributed by atoms with E-state index in [2.05, 4.69) is 21.8 Å². The predicted octanol–water partition coefficient (Wildman–Crippen LogP) is 0.663. The summed E-state index contributed by atoms with van der Waals surface area (Å²) in [5.74, 6) is -1.41. The van der Waals surface area contributed by atoms with Crippen molar-refractivity contribution in [2.45, 2.75) is 32.3 Å². The van der Waals surface area contributed by atoms with Crippen molar-refractivity contribution in [3.63, 3.8) is 0 Å². The summed E-state index contributed by atoms with van der Waals surface area (Å²) in [6.07, 6.45) is 3.73. The van der Waals surface area contributed by atoms with Crippen molar-refractivity contribution < 1.29 is 29.3 Å². The smallest absolute Gasteiger partial charge is 0.300 e. The lowest BCUT2D eigenvalue weighted by atomic mass is 9.89. The lowest BCUT2D eigenvalue weighted by molar-refractivity contribution is -0.135. The van der Waals surface area contributed by atoms with Gasteiger partial charge in [0.1, 0.15) is 5.82 Å². The highest BCUT2D eigenvalue weighted by atomic mass is 16.5. The Labute approximate surface area is 170 Å². The molecule has 0 bridgehead atoms. The van der Waals surface area contributed by atoms with Gasteiger partial charge in [0.05, 0.1) is 17.8 Å². The van der Waals surface area contributed by atoms with Gasteiger partial charge in [-0.25, -0.2) is 4.98 Å². The third-order valence-corrected chi connectivity index (χ3v) is 4.50. The minimum absolute atomic E-state index is 0.114. The normalized spacial score (nSPS) is 18.0. The van der Waals surface area contributed by atoms with Gasteiger partial charge in [-0.2, -0.15) is 0 Å². The number of rotatable bonds is 2. The van der Waals surface area contributed by atoms with E-state index in [4.69, 9.17) is 30.3 Å². The van der Waals surface area contributed by atoms with Gasteiger partial charge in [0.2, 0.25) is 0 Å². The van der Waals surface area contributed by atoms with E-state index in [1.807, 2.05) is 0 Å². The molecule has 162 valence electrons. The highest BCUT2D eigenvalue weighted by Crippen LogP contribution is 2.32. The van der Waals surface area contributed by atoms with Gasteiger partial charge >= 0.3 is 0 Å². The Bertz CT molecular complexity index is 684. The summed E-state index contributed by atoms with van der Waals surface area (Å²) in [4.78, 5) is 38.4. The predicted molar refractivity (Wildman–Crippen MR) is 107 cm³/mol. The van der Waals surface area contributed by atoms with Gasteiger partial charge in [0.15, 0.2) is 0 Å². The molecule has 0 aliphatic carbocycles. The molecule has 10 nitrogen and oxygen atoms in total. The van der Waals surface area contributed by atoms with Crippen molar-refractivity contribution in [3.8, 4) is 0 Å². The number of aromatic nitrogens is 1. The van der Waals surface area contributed by atoms with E-state index in [0.29, 0.717) is 18.0 Å². The Balaban J connectivity index is 0.000000452. The maximum atomic E-state index is 11.6. The number of aliphatic carboxylic acids is 2. The zero-order chi connectivity index (χ0) is 22.0. The lowest BCUT2D eigenvalue weighted by Crippen LogP contribution is -2.57. The van der Waals surface area contributed by atoms with Gasteiger partial charge in [0, 0.05) is 46.2 Å². The minimum Gasteiger partial charge on any atom is -0.481 e. The van der Waals surface area contributed by atoms with E-state index < -0.39 is 17.8 Å². The van der Waals surface area contributed by atoms with Crippen LogP contribution in [-0.2, 0) is 14.3 Å². The number of nitrogens with two attached hydrogens (primary N) is 1. The summed E-state index contributed by atoms with van der Waals surface area (Å²) in [7, 11) is 2.14. The number of likely N-dealkylation sites (tertiary alicyclic amines) is 1. The molecule has 0 radical (unpaired) electrons. The van der Waals surface area contributed by atoms with Crippen molar-refractivity contribution in [2.24, 2.45) is 5.73 Å². The molecule has 0 saturated carbocycles. The van der Waals surface area contributed by atoms with Crippen LogP contribution in [0, 0.1) is 0 Å². The number of morpholine rings is 1. The van der Waals surface area contributed by atoms with Crippen LogP contribution in [0.25, 0.3) is 0 Å². The number of amides is 1. The zero-order valence-electron chi connectivity index (χ0n) is 17.1. The number of ether oxygens (including phenoxy) is 1. The topological polar surface area (TPSA) is 146 Å². The summed E-state index contributed by atoms with van der Waals surface area (Å²) in [6, 6.07) is 3.48. The molecule has 0 unspecified atom stereocenters. The van der Waals surface area contributed by atoms with Gasteiger partial charge < -0.3 is 30.5 Å². The molecular weight excluding hydrogens is 380 g/mol. The number of hydrogen-bond acceptors (Lipinski definition) is 7. The lowest BCUT2D eigenvalue weighted by Gasteiger charge is -2.47. The van der Waals surface area contributed by atoms with Crippen LogP contribution in [0.4, 0.5) is 5.82 Å². The molecule has 2 fully saturated rings. The summed E-state index contributed by atoms with van der Waals surface area (Å²) < 4.78 is 6.09. The van der Waals surface area contributed by atoms with Gasteiger partial charge in [-0.3, -0.25) is 14.4 Å². The van der Waals surface area contributed by atoms with Crippen molar-refractivity contribution in [3.05, 3.63) is 23.9 Å². The van der Waals surface area contributed by atoms with E-state index in [1.165, 1.54) is 0 Å². The first-order valence-electron chi connectivity index (χ1n) is 9.27. The first kappa shape index (κ1) is 24.3. The van der Waals surface area contributed by atoms with Crippen LogP contribution in [0.15, 0.2) is 18.3 Å². The van der Waals surface area contributed by atoms with E-state index in [1.54, 1.807) is 18.3 Å². The van der Waals surface area contributed by atoms with Gasteiger partial charge in [-0.15, -0.1) is 0 Å². The molecule has 29 heavy (non-hydrogen) atoms. The van der Waals surface area contributed by atoms with Crippen LogP contribution in [0.2, 0.25) is 0 Å². The number of carbonyl (C=O) groups is 3. The second kappa shape index (κ2) is 11.3. The molecule has 2 aliphatic heterocycles. The second-order valence-electron chi connectivity index (χ2n) is 7.03. The standard InChI is InChI=1S/C15H22N4O2.2C2H4O2/c1-18-7-4-15(5-8-18)11-19(9-10-21-15)14-12(13(16)20)3-2-6-17-14;2*1-2(3)4/h2-3,6H,4-5,7-11H2,1H3,(H2,16,20);2*1H3,(H,3,4). The molecule has 1 spiro atoms. The molecule has 2 saturated heterocycles. The number of primary amides is 1. The molecule has 4 N–H and O–H groups in total. The maximum Gasteiger partial charge on any atom is 0.300 e. The van der Waals surface area contributed by atoms with E-state index >= 15 is 0 Å². The number of carboxylic acids is 2. The van der Waals surface area contributed by atoms with E-state index in [0.717, 1.165) is 52.9 Å². The first-order chi connectivity index (χ1) is 13.6. The van der Waals surface area contributed by atoms with Gasteiger partial charge in [0.25, 0.3) is 17.8 Å². The Kier molecular flexibility index (Phi) is 9.49. The van der Waals surface area contributed by atoms with Gasteiger partial charge in [-0.05, 0) is 32.0 Å². The molecular formula is C19H30N4O6. The molecule has 0 atom stereocenters. The molecule has 3 heterocycles. The summed E-state index contributed by atoms with van der Waals surface area (Å²) in [5.41, 5.74) is 5.84. The largest absolute Gasteiger partial charge is 0.481 e. The van der Waals surface area contributed by atoms with Crippen LogP contribution in [0.1, 0.15) is 37.0 Å². The van der Waals surface area contributed by atoms with E-state index in [9.17, 15) is 4.79 Å². The second-order valence-corrected chi connectivity index (χ2v) is 7.03. The summed E-state index contributed by atoms with van der Waals surface area (Å²) in [6.45, 7) is 6.43. The highest BCUT2D eigenvalue weighted by molar-refractivity contribution is 5.97. The summed E-state index contributed by atoms with van der Waals surface area (Å²) in [5, 5.41) is 14.8. The highest BCUT2D eigenvalue weighted by Gasteiger charge is 2.39. The molecule has 2 aliphatic rings. The number of anilines is 1. The molecule has 1 aromatic heterocycles. The van der Waals surface area contributed by atoms with Crippen LogP contribution in [0.3, 0.4) is 0 Å². The quantitative estimate of drug-likeness (QED) is 0.640. The molecule has 3 rings (SSSR count). The maximum absolute atomic E-state index is 11.6. The Morgan fingerprint density at radius 2 is 1.69 bits per heavy atom. The van der Waals surface area contributed by atoms with Crippen molar-refractivity contribution in [1.29, 1.82) is 0 Å². The fourth-order valence-corrected chi connectivity index (χ4v) is 3.20. The summed E-state index contributed by atoms with van der Waals surface area (Å²) >= 11 is 0. The van der Waals surface area contributed by atoms with Crippen molar-refractivity contribution in [1.82, 2.24) is 9.88 Å². The Hall–Kier alpha value is -2.72. The van der Waals surface area contributed by atoms with Gasteiger partial charge in [-0.1, -0.05) is 0 Å². The monoisotopic (exact) mass is 410 g/mol. The fourth-order valence-electron chi connectivity index (χ4n) is 3.20. The number of hydrogen-bond donors (Lipinski definition) is 3. The van der Waals surface area contributed by atoms with Crippen molar-refractivity contribution in [2.75, 3.05) is 44.7 Å². The number of carboxylic acid groups (broad SMARTS) is 2. The third kappa shape index (κ3) is 8.44. The SMILES string of the molecule is CC(=O)O.CC(=O)O.CN1CCC2(CC1)CN(c1ncccc1C(N)=O)CCO2. The molecule has 1 aromatic rings. The molecule has 1 amide bonds. The van der Waals surface area contributed by atoms with Crippen LogP contribution in [-0.4, -0.2) is 83.4 Å². The number of piperidine rings is 1. The Morgan fingerprint density at radius 3 is 2.21 bits per heavy atom. The number of nitrogens with zero attached hydrogens (tertiary/aromatic N) is 3. The first-order valence-corrected chi connectivity index (χ1v) is 9.27. The average molecular weight is 410 g/mol. The minimum atomic E-state index is -0.833. The van der Waals surface area contributed by atoms with Crippen LogP contribution in [0.5, 0.6) is 0 Å². The van der Waals surface area contributed by atoms with Crippen LogP contribution < -0.4 is 10.6 Å². The Morgan fingerprint density at radius 1 is 1.14 bits per heavy atom.